The molecule has 0 spiro atoms. The molecule has 0 radical (unpaired) electrons. The second-order valence-electron chi connectivity index (χ2n) is 10.2. The van der Waals surface area contributed by atoms with E-state index < -0.39 is 12.0 Å². The zero-order valence-electron chi connectivity index (χ0n) is 24.4. The Hall–Kier alpha value is -4.66. The number of methoxy groups -OCH3 is 1. The molecule has 1 aliphatic heterocycles. The summed E-state index contributed by atoms with van der Waals surface area (Å²) < 4.78 is 19.3. The summed E-state index contributed by atoms with van der Waals surface area (Å²) in [5.41, 5.74) is 3.10. The van der Waals surface area contributed by atoms with Crippen LogP contribution >= 0.6 is 22.9 Å². The normalized spacial score (nSPS) is 14.7. The van der Waals surface area contributed by atoms with Gasteiger partial charge in [0.1, 0.15) is 6.61 Å². The van der Waals surface area contributed by atoms with Gasteiger partial charge in [-0.15, -0.1) is 0 Å². The van der Waals surface area contributed by atoms with Crippen molar-refractivity contribution in [1.82, 2.24) is 4.57 Å². The molecule has 1 aromatic heterocycles. The van der Waals surface area contributed by atoms with Crippen LogP contribution in [-0.2, 0) is 16.1 Å². The third-order valence-corrected chi connectivity index (χ3v) is 8.68. The molecule has 6 rings (SSSR count). The van der Waals surface area contributed by atoms with Crippen molar-refractivity contribution in [3.63, 3.8) is 0 Å². The number of rotatable bonds is 8. The summed E-state index contributed by atoms with van der Waals surface area (Å²) in [6, 6.07) is 26.3. The first-order valence-electron chi connectivity index (χ1n) is 14.1. The van der Waals surface area contributed by atoms with Crippen molar-refractivity contribution in [3.05, 3.63) is 138 Å². The van der Waals surface area contributed by atoms with Gasteiger partial charge in [0.25, 0.3) is 5.56 Å². The number of hydrogen-bond donors (Lipinski definition) is 0. The van der Waals surface area contributed by atoms with E-state index in [4.69, 9.17) is 25.8 Å². The first kappa shape index (κ1) is 29.4. The van der Waals surface area contributed by atoms with Crippen molar-refractivity contribution in [3.8, 4) is 11.5 Å². The Kier molecular flexibility index (Phi) is 8.37. The second-order valence-corrected chi connectivity index (χ2v) is 11.6. The van der Waals surface area contributed by atoms with Crippen molar-refractivity contribution in [2.45, 2.75) is 26.5 Å². The van der Waals surface area contributed by atoms with Gasteiger partial charge in [-0.05, 0) is 71.7 Å². The Morgan fingerprint density at radius 1 is 1.00 bits per heavy atom. The van der Waals surface area contributed by atoms with Crippen molar-refractivity contribution >= 4 is 45.8 Å². The number of carbonyl (C=O) groups excluding carboxylic acids is 1. The molecule has 0 bridgehead atoms. The summed E-state index contributed by atoms with van der Waals surface area (Å²) in [7, 11) is 1.32. The highest BCUT2D eigenvalue weighted by Gasteiger charge is 2.33. The highest BCUT2D eigenvalue weighted by Crippen LogP contribution is 2.32. The van der Waals surface area contributed by atoms with Gasteiger partial charge in [-0.2, -0.15) is 0 Å². The number of ether oxygens (including phenoxy) is 3. The van der Waals surface area contributed by atoms with Crippen LogP contribution in [0, 0.1) is 0 Å². The molecule has 0 amide bonds. The fourth-order valence-corrected chi connectivity index (χ4v) is 6.55. The van der Waals surface area contributed by atoms with Gasteiger partial charge in [0.2, 0.25) is 0 Å². The Bertz CT molecular complexity index is 2090. The van der Waals surface area contributed by atoms with E-state index in [9.17, 15) is 9.59 Å². The minimum atomic E-state index is -0.707. The molecule has 7 nitrogen and oxygen atoms in total. The van der Waals surface area contributed by atoms with Crippen molar-refractivity contribution in [2.24, 2.45) is 4.99 Å². The van der Waals surface area contributed by atoms with Gasteiger partial charge in [-0.25, -0.2) is 9.79 Å². The van der Waals surface area contributed by atoms with Gasteiger partial charge in [-0.3, -0.25) is 9.36 Å². The maximum atomic E-state index is 13.9. The monoisotopic (exact) mass is 624 g/mol. The second kappa shape index (κ2) is 12.5. The van der Waals surface area contributed by atoms with E-state index >= 15 is 0 Å². The standard InChI is InChI=1S/C35H29ClN2O5S/c1-4-42-29-18-22(12-17-28(29)43-20-25-10-7-9-23-8-5-6-11-27(23)25)19-30-33(39)38-32(24-13-15-26(36)16-14-24)31(34(40)41-3)21(2)37-35(38)44-30/h5-19,32H,4,20H2,1-3H3/b30-19-/t32-/m0/s1. The van der Waals surface area contributed by atoms with E-state index in [0.29, 0.717) is 50.3 Å². The molecule has 0 fully saturated rings. The summed E-state index contributed by atoms with van der Waals surface area (Å²) in [6.07, 6.45) is 1.80. The van der Waals surface area contributed by atoms with Crippen LogP contribution in [0.2, 0.25) is 5.02 Å². The lowest BCUT2D eigenvalue weighted by Crippen LogP contribution is -2.39. The molecule has 2 heterocycles. The number of hydrogen-bond acceptors (Lipinski definition) is 7. The predicted molar refractivity (Wildman–Crippen MR) is 173 cm³/mol. The Morgan fingerprint density at radius 2 is 1.77 bits per heavy atom. The molecule has 0 N–H and O–H groups in total. The lowest BCUT2D eigenvalue weighted by atomic mass is 9.96. The maximum absolute atomic E-state index is 13.9. The van der Waals surface area contributed by atoms with Gasteiger partial charge in [0.05, 0.1) is 35.6 Å². The van der Waals surface area contributed by atoms with Crippen LogP contribution in [0.1, 0.15) is 36.6 Å². The fourth-order valence-electron chi connectivity index (χ4n) is 5.38. The van der Waals surface area contributed by atoms with Crippen LogP contribution in [0.25, 0.3) is 16.8 Å². The average molecular weight is 625 g/mol. The largest absolute Gasteiger partial charge is 0.490 e. The zero-order valence-corrected chi connectivity index (χ0v) is 25.9. The average Bonchev–Trinajstić information content (AvgIpc) is 3.33. The molecule has 5 aromatic rings. The minimum absolute atomic E-state index is 0.267. The van der Waals surface area contributed by atoms with Crippen LogP contribution < -0.4 is 24.4 Å². The Labute approximate surface area is 262 Å². The number of nitrogens with zero attached hydrogens (tertiary/aromatic N) is 2. The van der Waals surface area contributed by atoms with Crippen molar-refractivity contribution in [2.75, 3.05) is 13.7 Å². The molecule has 0 unspecified atom stereocenters. The number of halogens is 1. The van der Waals surface area contributed by atoms with Gasteiger partial charge in [0, 0.05) is 5.02 Å². The predicted octanol–water partition coefficient (Wildman–Crippen LogP) is 6.19. The number of aromatic nitrogens is 1. The van der Waals surface area contributed by atoms with Gasteiger partial charge < -0.3 is 14.2 Å². The quantitative estimate of drug-likeness (QED) is 0.192. The molecule has 0 saturated carbocycles. The summed E-state index contributed by atoms with van der Waals surface area (Å²) in [5, 5.41) is 2.85. The van der Waals surface area contributed by atoms with Gasteiger partial charge in [-0.1, -0.05) is 83.6 Å². The smallest absolute Gasteiger partial charge is 0.338 e. The Morgan fingerprint density at radius 3 is 2.55 bits per heavy atom. The first-order valence-corrected chi connectivity index (χ1v) is 15.3. The van der Waals surface area contributed by atoms with Crippen molar-refractivity contribution < 1.29 is 19.0 Å². The number of allylic oxidation sites excluding steroid dienone is 1. The van der Waals surface area contributed by atoms with E-state index in [-0.39, 0.29) is 5.56 Å². The third-order valence-electron chi connectivity index (χ3n) is 7.44. The summed E-state index contributed by atoms with van der Waals surface area (Å²) in [6.45, 7) is 4.49. The van der Waals surface area contributed by atoms with Crippen molar-refractivity contribution in [1.29, 1.82) is 0 Å². The summed E-state index contributed by atoms with van der Waals surface area (Å²) >= 11 is 7.40. The molecule has 0 aliphatic carbocycles. The zero-order chi connectivity index (χ0) is 30.8. The van der Waals surface area contributed by atoms with Crippen LogP contribution in [0.15, 0.2) is 106 Å². The van der Waals surface area contributed by atoms with Crippen LogP contribution in [0.4, 0.5) is 0 Å². The highest BCUT2D eigenvalue weighted by molar-refractivity contribution is 7.07. The lowest BCUT2D eigenvalue weighted by Gasteiger charge is -2.24. The highest BCUT2D eigenvalue weighted by atomic mass is 35.5. The molecule has 1 atom stereocenters. The van der Waals surface area contributed by atoms with E-state index in [1.807, 2.05) is 43.3 Å². The molecular formula is C35H29ClN2O5S. The number of thiazole rings is 1. The SMILES string of the molecule is CCOc1cc(/C=c2\sc3n(c2=O)[C@@H](c2ccc(Cl)cc2)C(C(=O)OC)=C(C)N=3)ccc1OCc1cccc2ccccc12. The topological polar surface area (TPSA) is 79.1 Å². The minimum Gasteiger partial charge on any atom is -0.490 e. The van der Waals surface area contributed by atoms with Crippen LogP contribution in [-0.4, -0.2) is 24.3 Å². The molecule has 4 aromatic carbocycles. The van der Waals surface area contributed by atoms with Crippen LogP contribution in [0.3, 0.4) is 0 Å². The van der Waals surface area contributed by atoms with Gasteiger partial charge >= 0.3 is 5.97 Å². The summed E-state index contributed by atoms with van der Waals surface area (Å²) in [4.78, 5) is 31.9. The lowest BCUT2D eigenvalue weighted by molar-refractivity contribution is -0.136. The number of esters is 1. The molecule has 1 aliphatic rings. The van der Waals surface area contributed by atoms with E-state index in [1.54, 1.807) is 41.8 Å². The van der Waals surface area contributed by atoms with E-state index in [2.05, 4.69) is 29.3 Å². The van der Waals surface area contributed by atoms with Gasteiger partial charge in [0.15, 0.2) is 16.3 Å². The van der Waals surface area contributed by atoms with E-state index in [0.717, 1.165) is 27.5 Å². The Balaban J connectivity index is 1.37. The summed E-state index contributed by atoms with van der Waals surface area (Å²) in [5.74, 6) is 0.650. The molecule has 44 heavy (non-hydrogen) atoms. The number of benzene rings is 4. The number of fused-ring (bicyclic) bond motifs is 2. The maximum Gasteiger partial charge on any atom is 0.338 e. The molecular weight excluding hydrogens is 596 g/mol. The third kappa shape index (κ3) is 5.66. The first-order chi connectivity index (χ1) is 21.4. The molecule has 0 saturated heterocycles. The number of carbonyl (C=O) groups is 1. The van der Waals surface area contributed by atoms with E-state index in [1.165, 1.54) is 18.4 Å². The van der Waals surface area contributed by atoms with Crippen LogP contribution in [0.5, 0.6) is 11.5 Å². The molecule has 222 valence electrons. The fraction of sp³-hybridized carbons (Fsp3) is 0.171. The molecule has 9 heteroatoms.